The smallest absolute Gasteiger partial charge is 0.251 e. The predicted molar refractivity (Wildman–Crippen MR) is 108 cm³/mol. The van der Waals surface area contributed by atoms with E-state index in [1.165, 1.54) is 6.07 Å². The molecule has 148 valence electrons. The van der Waals surface area contributed by atoms with Gasteiger partial charge in [-0.2, -0.15) is 0 Å². The minimum Gasteiger partial charge on any atom is -0.496 e. The number of carbonyl (C=O) groups excluding carboxylic acids is 2. The van der Waals surface area contributed by atoms with Crippen LogP contribution < -0.4 is 15.4 Å². The van der Waals surface area contributed by atoms with Gasteiger partial charge in [0.2, 0.25) is 0 Å². The van der Waals surface area contributed by atoms with E-state index in [9.17, 15) is 14.0 Å². The van der Waals surface area contributed by atoms with Crippen LogP contribution in [0.15, 0.2) is 72.8 Å². The molecule has 0 heterocycles. The van der Waals surface area contributed by atoms with Gasteiger partial charge in [-0.1, -0.05) is 36.4 Å². The molecule has 2 amide bonds. The van der Waals surface area contributed by atoms with E-state index in [2.05, 4.69) is 10.6 Å². The number of ether oxygens (including phenoxy) is 1. The van der Waals surface area contributed by atoms with Gasteiger partial charge in [-0.3, -0.25) is 9.59 Å². The highest BCUT2D eigenvalue weighted by atomic mass is 19.1. The summed E-state index contributed by atoms with van der Waals surface area (Å²) in [6, 6.07) is 20.0. The minimum absolute atomic E-state index is 0.0899. The van der Waals surface area contributed by atoms with Crippen LogP contribution in [0.25, 0.3) is 0 Å². The van der Waals surface area contributed by atoms with E-state index in [-0.39, 0.29) is 24.2 Å². The third-order valence-corrected chi connectivity index (χ3v) is 4.44. The Kier molecular flexibility index (Phi) is 6.58. The third kappa shape index (κ3) is 5.19. The van der Waals surface area contributed by atoms with Crippen molar-refractivity contribution in [1.29, 1.82) is 0 Å². The van der Waals surface area contributed by atoms with Crippen molar-refractivity contribution in [2.45, 2.75) is 13.1 Å². The van der Waals surface area contributed by atoms with E-state index in [1.807, 2.05) is 24.3 Å². The second kappa shape index (κ2) is 9.50. The number of hydrogen-bond donors (Lipinski definition) is 2. The first-order valence-electron chi connectivity index (χ1n) is 9.10. The van der Waals surface area contributed by atoms with Crippen LogP contribution in [-0.2, 0) is 13.1 Å². The Balaban J connectivity index is 1.57. The van der Waals surface area contributed by atoms with Crippen molar-refractivity contribution < 1.29 is 18.7 Å². The van der Waals surface area contributed by atoms with E-state index in [0.29, 0.717) is 29.0 Å². The first-order valence-corrected chi connectivity index (χ1v) is 9.10. The van der Waals surface area contributed by atoms with E-state index in [0.717, 1.165) is 5.56 Å². The maximum Gasteiger partial charge on any atom is 0.251 e. The second-order valence-electron chi connectivity index (χ2n) is 6.35. The second-order valence-corrected chi connectivity index (χ2v) is 6.35. The summed E-state index contributed by atoms with van der Waals surface area (Å²) in [5, 5.41) is 5.50. The average molecular weight is 392 g/mol. The van der Waals surface area contributed by atoms with Crippen LogP contribution in [0.3, 0.4) is 0 Å². The molecule has 29 heavy (non-hydrogen) atoms. The average Bonchev–Trinajstić information content (AvgIpc) is 2.77. The summed E-state index contributed by atoms with van der Waals surface area (Å²) in [6.07, 6.45) is 0. The quantitative estimate of drug-likeness (QED) is 0.644. The summed E-state index contributed by atoms with van der Waals surface area (Å²) in [5.41, 5.74) is 2.11. The molecule has 0 aromatic heterocycles. The molecule has 0 saturated carbocycles. The van der Waals surface area contributed by atoms with Gasteiger partial charge >= 0.3 is 0 Å². The van der Waals surface area contributed by atoms with Gasteiger partial charge in [-0.15, -0.1) is 0 Å². The van der Waals surface area contributed by atoms with E-state index >= 15 is 0 Å². The zero-order valence-electron chi connectivity index (χ0n) is 15.9. The molecule has 3 aromatic rings. The number of rotatable bonds is 7. The lowest BCUT2D eigenvalue weighted by Crippen LogP contribution is -2.24. The highest BCUT2D eigenvalue weighted by Gasteiger charge is 2.11. The van der Waals surface area contributed by atoms with Gasteiger partial charge < -0.3 is 15.4 Å². The van der Waals surface area contributed by atoms with Gasteiger partial charge in [0.15, 0.2) is 0 Å². The molecule has 0 unspecified atom stereocenters. The molecule has 0 radical (unpaired) electrons. The number of nitrogens with one attached hydrogen (secondary N) is 2. The van der Waals surface area contributed by atoms with E-state index in [1.54, 1.807) is 49.6 Å². The van der Waals surface area contributed by atoms with Crippen LogP contribution in [0.1, 0.15) is 31.8 Å². The summed E-state index contributed by atoms with van der Waals surface area (Å²) >= 11 is 0. The summed E-state index contributed by atoms with van der Waals surface area (Å²) in [4.78, 5) is 24.6. The Bertz CT molecular complexity index is 1000. The highest BCUT2D eigenvalue weighted by molar-refractivity contribution is 5.97. The number of hydrogen-bond acceptors (Lipinski definition) is 3. The molecule has 5 nitrogen and oxygen atoms in total. The Morgan fingerprint density at radius 3 is 1.79 bits per heavy atom. The molecule has 0 aliphatic carbocycles. The molecular formula is C23H21FN2O3. The molecule has 0 bridgehead atoms. The molecule has 3 aromatic carbocycles. The van der Waals surface area contributed by atoms with Crippen LogP contribution in [0.5, 0.6) is 5.75 Å². The number of carbonyl (C=O) groups is 2. The number of halogens is 1. The Morgan fingerprint density at radius 1 is 0.759 bits per heavy atom. The maximum absolute atomic E-state index is 13.6. The fourth-order valence-electron chi connectivity index (χ4n) is 2.82. The number of methoxy groups -OCH3 is 1. The van der Waals surface area contributed by atoms with Crippen molar-refractivity contribution in [3.05, 3.63) is 101 Å². The van der Waals surface area contributed by atoms with E-state index < -0.39 is 0 Å². The molecular weight excluding hydrogens is 371 g/mol. The number of benzene rings is 3. The number of para-hydroxylation sites is 1. The van der Waals surface area contributed by atoms with E-state index in [4.69, 9.17) is 4.74 Å². The zero-order valence-corrected chi connectivity index (χ0v) is 15.9. The molecule has 3 rings (SSSR count). The standard InChI is InChI=1S/C23H21FN2O3/c1-29-21-9-5-3-7-19(21)15-26-23(28)17-12-10-16(11-13-17)22(27)25-14-18-6-2-4-8-20(18)24/h2-13H,14-15H2,1H3,(H,25,27)(H,26,28). The summed E-state index contributed by atoms with van der Waals surface area (Å²) in [6.45, 7) is 0.417. The first-order chi connectivity index (χ1) is 14.1. The maximum atomic E-state index is 13.6. The van der Waals surface area contributed by atoms with Gasteiger partial charge in [0.05, 0.1) is 7.11 Å². The van der Waals surface area contributed by atoms with Gasteiger partial charge in [-0.05, 0) is 36.4 Å². The molecule has 0 saturated heterocycles. The first kappa shape index (κ1) is 20.1. The minimum atomic E-state index is -0.366. The SMILES string of the molecule is COc1ccccc1CNC(=O)c1ccc(C(=O)NCc2ccccc2F)cc1. The lowest BCUT2D eigenvalue weighted by molar-refractivity contribution is 0.0938. The zero-order chi connectivity index (χ0) is 20.6. The Morgan fingerprint density at radius 2 is 1.24 bits per heavy atom. The Labute approximate surface area is 168 Å². The Hall–Kier alpha value is -3.67. The van der Waals surface area contributed by atoms with Crippen LogP contribution in [-0.4, -0.2) is 18.9 Å². The molecule has 0 aliphatic heterocycles. The normalized spacial score (nSPS) is 10.3. The van der Waals surface area contributed by atoms with Gasteiger partial charge in [-0.25, -0.2) is 4.39 Å². The van der Waals surface area contributed by atoms with Crippen molar-refractivity contribution in [1.82, 2.24) is 10.6 Å². The largest absolute Gasteiger partial charge is 0.496 e. The lowest BCUT2D eigenvalue weighted by Gasteiger charge is -2.10. The summed E-state index contributed by atoms with van der Waals surface area (Å²) in [5.74, 6) is -0.256. The lowest BCUT2D eigenvalue weighted by atomic mass is 10.1. The molecule has 0 fully saturated rings. The van der Waals surface area contributed by atoms with Crippen LogP contribution in [0.4, 0.5) is 4.39 Å². The fourth-order valence-corrected chi connectivity index (χ4v) is 2.82. The van der Waals surface area contributed by atoms with Crippen molar-refractivity contribution in [3.63, 3.8) is 0 Å². The van der Waals surface area contributed by atoms with Crippen LogP contribution in [0.2, 0.25) is 0 Å². The summed E-state index contributed by atoms with van der Waals surface area (Å²) in [7, 11) is 1.58. The highest BCUT2D eigenvalue weighted by Crippen LogP contribution is 2.17. The molecule has 0 spiro atoms. The number of amides is 2. The van der Waals surface area contributed by atoms with Gasteiger partial charge in [0.1, 0.15) is 11.6 Å². The van der Waals surface area contributed by atoms with Crippen LogP contribution in [0, 0.1) is 5.82 Å². The van der Waals surface area contributed by atoms with Crippen molar-refractivity contribution in [2.24, 2.45) is 0 Å². The van der Waals surface area contributed by atoms with Crippen LogP contribution >= 0.6 is 0 Å². The van der Waals surface area contributed by atoms with Gasteiger partial charge in [0, 0.05) is 35.3 Å². The monoisotopic (exact) mass is 392 g/mol. The predicted octanol–water partition coefficient (Wildman–Crippen LogP) is 3.69. The topological polar surface area (TPSA) is 67.4 Å². The fraction of sp³-hybridized carbons (Fsp3) is 0.130. The van der Waals surface area contributed by atoms with Gasteiger partial charge in [0.25, 0.3) is 11.8 Å². The van der Waals surface area contributed by atoms with Crippen molar-refractivity contribution in [2.75, 3.05) is 7.11 Å². The third-order valence-electron chi connectivity index (χ3n) is 4.44. The summed E-state index contributed by atoms with van der Waals surface area (Å²) < 4.78 is 18.9. The molecule has 0 aliphatic rings. The molecule has 6 heteroatoms. The molecule has 2 N–H and O–H groups in total. The molecule has 0 atom stereocenters. The van der Waals surface area contributed by atoms with Crippen molar-refractivity contribution >= 4 is 11.8 Å². The van der Waals surface area contributed by atoms with Crippen molar-refractivity contribution in [3.8, 4) is 5.75 Å².